The molecule has 2 aromatic rings. The van der Waals surface area contributed by atoms with E-state index in [1.807, 2.05) is 6.92 Å². The monoisotopic (exact) mass is 284 g/mol. The summed E-state index contributed by atoms with van der Waals surface area (Å²) in [5.41, 5.74) is 1.53. The van der Waals surface area contributed by atoms with Crippen LogP contribution in [0.25, 0.3) is 11.0 Å². The molecule has 1 heterocycles. The molecular formula is C14H18ClFN2O. The first-order valence-electron chi connectivity index (χ1n) is 6.38. The topological polar surface area (TPSA) is 27.1 Å². The van der Waals surface area contributed by atoms with Crippen LogP contribution < -0.4 is 0 Å². The van der Waals surface area contributed by atoms with Crippen LogP contribution in [-0.4, -0.2) is 23.3 Å². The van der Waals surface area contributed by atoms with Crippen LogP contribution in [0.15, 0.2) is 18.2 Å². The summed E-state index contributed by atoms with van der Waals surface area (Å²) in [6, 6.07) is 4.78. The molecule has 19 heavy (non-hydrogen) atoms. The Morgan fingerprint density at radius 1 is 1.47 bits per heavy atom. The van der Waals surface area contributed by atoms with Gasteiger partial charge in [0.15, 0.2) is 0 Å². The van der Waals surface area contributed by atoms with E-state index in [0.717, 1.165) is 17.8 Å². The van der Waals surface area contributed by atoms with Crippen molar-refractivity contribution in [3.63, 3.8) is 0 Å². The van der Waals surface area contributed by atoms with Crippen LogP contribution in [-0.2, 0) is 4.74 Å². The van der Waals surface area contributed by atoms with Gasteiger partial charge in [0.1, 0.15) is 11.6 Å². The fourth-order valence-corrected chi connectivity index (χ4v) is 2.48. The van der Waals surface area contributed by atoms with E-state index >= 15 is 0 Å². The van der Waals surface area contributed by atoms with Crippen LogP contribution in [0.5, 0.6) is 0 Å². The van der Waals surface area contributed by atoms with Gasteiger partial charge in [-0.1, -0.05) is 6.92 Å². The van der Waals surface area contributed by atoms with E-state index in [1.54, 1.807) is 13.2 Å². The van der Waals surface area contributed by atoms with Gasteiger partial charge in [-0.15, -0.1) is 11.6 Å². The van der Waals surface area contributed by atoms with Gasteiger partial charge in [-0.25, -0.2) is 9.37 Å². The molecule has 1 aromatic heterocycles. The number of imidazole rings is 1. The standard InChI is InChI=1S/C14H18ClFN2O/c1-4-11(8-19-3)18-13-6-5-10(16)7-12(13)17-14(18)9(2)15/h5-7,9,11H,4,8H2,1-3H3. The molecule has 0 saturated carbocycles. The van der Waals surface area contributed by atoms with Gasteiger partial charge in [0.2, 0.25) is 0 Å². The van der Waals surface area contributed by atoms with E-state index in [2.05, 4.69) is 16.5 Å². The molecule has 0 bridgehead atoms. The Balaban J connectivity index is 2.63. The van der Waals surface area contributed by atoms with Crippen molar-refractivity contribution in [2.24, 2.45) is 0 Å². The number of aromatic nitrogens is 2. The van der Waals surface area contributed by atoms with Crippen molar-refractivity contribution in [2.75, 3.05) is 13.7 Å². The highest BCUT2D eigenvalue weighted by Gasteiger charge is 2.20. The molecule has 104 valence electrons. The maximum Gasteiger partial charge on any atom is 0.128 e. The van der Waals surface area contributed by atoms with Crippen molar-refractivity contribution in [1.29, 1.82) is 0 Å². The number of alkyl halides is 1. The van der Waals surface area contributed by atoms with E-state index < -0.39 is 0 Å². The van der Waals surface area contributed by atoms with Crippen LogP contribution in [0.4, 0.5) is 4.39 Å². The van der Waals surface area contributed by atoms with Crippen molar-refractivity contribution in [1.82, 2.24) is 9.55 Å². The molecule has 2 atom stereocenters. The van der Waals surface area contributed by atoms with E-state index in [-0.39, 0.29) is 17.2 Å². The van der Waals surface area contributed by atoms with E-state index in [9.17, 15) is 4.39 Å². The predicted octanol–water partition coefficient (Wildman–Crippen LogP) is 4.07. The Bertz CT molecular complexity index is 568. The third-order valence-corrected chi connectivity index (χ3v) is 3.43. The molecule has 2 unspecified atom stereocenters. The largest absolute Gasteiger partial charge is 0.383 e. The lowest BCUT2D eigenvalue weighted by Gasteiger charge is -2.20. The van der Waals surface area contributed by atoms with Crippen LogP contribution in [0.1, 0.15) is 37.5 Å². The lowest BCUT2D eigenvalue weighted by Crippen LogP contribution is -2.16. The maximum absolute atomic E-state index is 13.3. The molecule has 3 nitrogen and oxygen atoms in total. The number of halogens is 2. The summed E-state index contributed by atoms with van der Waals surface area (Å²) in [6.45, 7) is 4.53. The zero-order valence-electron chi connectivity index (χ0n) is 11.4. The van der Waals surface area contributed by atoms with Gasteiger partial charge in [-0.05, 0) is 25.5 Å². The number of nitrogens with zero attached hydrogens (tertiary/aromatic N) is 2. The van der Waals surface area contributed by atoms with Crippen LogP contribution in [0, 0.1) is 5.82 Å². The van der Waals surface area contributed by atoms with Gasteiger partial charge >= 0.3 is 0 Å². The van der Waals surface area contributed by atoms with Crippen molar-refractivity contribution in [3.8, 4) is 0 Å². The van der Waals surface area contributed by atoms with Crippen LogP contribution >= 0.6 is 11.6 Å². The minimum Gasteiger partial charge on any atom is -0.383 e. The highest BCUT2D eigenvalue weighted by Crippen LogP contribution is 2.29. The SMILES string of the molecule is CCC(COC)n1c(C(C)Cl)nc2cc(F)ccc21. The molecule has 0 N–H and O–H groups in total. The molecule has 5 heteroatoms. The number of benzene rings is 1. The Labute approximate surface area is 117 Å². The predicted molar refractivity (Wildman–Crippen MR) is 75.2 cm³/mol. The number of rotatable bonds is 5. The fourth-order valence-electron chi connectivity index (χ4n) is 2.32. The summed E-state index contributed by atoms with van der Waals surface area (Å²) >= 11 is 6.20. The third-order valence-electron chi connectivity index (χ3n) is 3.23. The third kappa shape index (κ3) is 2.74. The molecule has 0 aliphatic heterocycles. The maximum atomic E-state index is 13.3. The Morgan fingerprint density at radius 3 is 2.79 bits per heavy atom. The average Bonchev–Trinajstić information content (AvgIpc) is 2.74. The molecule has 0 fully saturated rings. The van der Waals surface area contributed by atoms with E-state index in [1.165, 1.54) is 12.1 Å². The van der Waals surface area contributed by atoms with Gasteiger partial charge < -0.3 is 9.30 Å². The average molecular weight is 285 g/mol. The first-order valence-corrected chi connectivity index (χ1v) is 6.82. The second-order valence-electron chi connectivity index (χ2n) is 4.61. The smallest absolute Gasteiger partial charge is 0.128 e. The first kappa shape index (κ1) is 14.3. The number of ether oxygens (including phenoxy) is 1. The number of methoxy groups -OCH3 is 1. The minimum absolute atomic E-state index is 0.150. The van der Waals surface area contributed by atoms with Gasteiger partial charge in [0.05, 0.1) is 29.1 Å². The summed E-state index contributed by atoms with van der Waals surface area (Å²) in [6.07, 6.45) is 0.896. The molecular weight excluding hydrogens is 267 g/mol. The summed E-state index contributed by atoms with van der Waals surface area (Å²) in [5, 5.41) is -0.235. The molecule has 0 saturated heterocycles. The van der Waals surface area contributed by atoms with Gasteiger partial charge in [-0.2, -0.15) is 0 Å². The Kier molecular flexibility index (Phi) is 4.42. The van der Waals surface area contributed by atoms with Crippen molar-refractivity contribution < 1.29 is 9.13 Å². The summed E-state index contributed by atoms with van der Waals surface area (Å²) in [7, 11) is 1.67. The molecule has 1 aromatic carbocycles. The molecule has 2 rings (SSSR count). The van der Waals surface area contributed by atoms with Crippen LogP contribution in [0.3, 0.4) is 0 Å². The second kappa shape index (κ2) is 5.88. The normalized spacial score (nSPS) is 14.8. The lowest BCUT2D eigenvalue weighted by molar-refractivity contribution is 0.153. The molecule has 0 aliphatic carbocycles. The Morgan fingerprint density at radius 2 is 2.21 bits per heavy atom. The highest BCUT2D eigenvalue weighted by molar-refractivity contribution is 6.20. The second-order valence-corrected chi connectivity index (χ2v) is 5.26. The van der Waals surface area contributed by atoms with Crippen LogP contribution in [0.2, 0.25) is 0 Å². The fraction of sp³-hybridized carbons (Fsp3) is 0.500. The molecule has 0 aliphatic rings. The van der Waals surface area contributed by atoms with Crippen molar-refractivity contribution in [3.05, 3.63) is 29.8 Å². The molecule has 0 amide bonds. The van der Waals surface area contributed by atoms with E-state index in [0.29, 0.717) is 12.1 Å². The van der Waals surface area contributed by atoms with Crippen molar-refractivity contribution >= 4 is 22.6 Å². The first-order chi connectivity index (χ1) is 9.08. The van der Waals surface area contributed by atoms with Gasteiger partial charge in [0, 0.05) is 13.2 Å². The van der Waals surface area contributed by atoms with Crippen molar-refractivity contribution in [2.45, 2.75) is 31.7 Å². The van der Waals surface area contributed by atoms with Gasteiger partial charge in [-0.3, -0.25) is 0 Å². The zero-order chi connectivity index (χ0) is 14.0. The number of fused-ring (bicyclic) bond motifs is 1. The summed E-state index contributed by atoms with van der Waals surface area (Å²) < 4.78 is 20.6. The lowest BCUT2D eigenvalue weighted by atomic mass is 10.2. The number of hydrogen-bond donors (Lipinski definition) is 0. The molecule has 0 radical (unpaired) electrons. The summed E-state index contributed by atoms with van der Waals surface area (Å²) in [5.74, 6) is 0.469. The minimum atomic E-state index is -0.286. The summed E-state index contributed by atoms with van der Waals surface area (Å²) in [4.78, 5) is 4.46. The highest BCUT2D eigenvalue weighted by atomic mass is 35.5. The molecule has 0 spiro atoms. The van der Waals surface area contributed by atoms with Gasteiger partial charge in [0.25, 0.3) is 0 Å². The Hall–Kier alpha value is -1.13. The number of hydrogen-bond acceptors (Lipinski definition) is 2. The zero-order valence-corrected chi connectivity index (χ0v) is 12.1. The quantitative estimate of drug-likeness (QED) is 0.774. The van der Waals surface area contributed by atoms with E-state index in [4.69, 9.17) is 16.3 Å².